The Kier molecular flexibility index (Phi) is 3.63. The predicted octanol–water partition coefficient (Wildman–Crippen LogP) is 1.08. The van der Waals surface area contributed by atoms with Crippen LogP contribution in [0.4, 0.5) is 5.69 Å². The fourth-order valence-corrected chi connectivity index (χ4v) is 2.32. The Labute approximate surface area is 101 Å². The van der Waals surface area contributed by atoms with E-state index in [1.54, 1.807) is 12.3 Å². The summed E-state index contributed by atoms with van der Waals surface area (Å²) >= 11 is 0. The molecule has 0 bridgehead atoms. The van der Waals surface area contributed by atoms with Crippen LogP contribution in [0.3, 0.4) is 0 Å². The van der Waals surface area contributed by atoms with E-state index in [9.17, 15) is 8.42 Å². The number of ether oxygens (including phenoxy) is 1. The van der Waals surface area contributed by atoms with Gasteiger partial charge in [0.2, 0.25) is 0 Å². The van der Waals surface area contributed by atoms with E-state index < -0.39 is 9.84 Å². The first-order chi connectivity index (χ1) is 8.05. The van der Waals surface area contributed by atoms with Crippen LogP contribution in [0.25, 0.3) is 0 Å². The van der Waals surface area contributed by atoms with Crippen LogP contribution in [-0.2, 0) is 14.6 Å². The average molecular weight is 256 g/mol. The minimum absolute atomic E-state index is 0.107. The molecule has 2 rings (SSSR count). The summed E-state index contributed by atoms with van der Waals surface area (Å²) in [5.74, 6) is 0. The van der Waals surface area contributed by atoms with Gasteiger partial charge in [0.15, 0.2) is 14.9 Å². The third-order valence-electron chi connectivity index (χ3n) is 2.71. The van der Waals surface area contributed by atoms with Crippen molar-refractivity contribution in [1.29, 1.82) is 0 Å². The van der Waals surface area contributed by atoms with Crippen molar-refractivity contribution in [3.8, 4) is 0 Å². The highest BCUT2D eigenvalue weighted by Crippen LogP contribution is 2.15. The summed E-state index contributed by atoms with van der Waals surface area (Å²) in [5.41, 5.74) is 0.851. The van der Waals surface area contributed by atoms with Crippen LogP contribution in [0.2, 0.25) is 0 Å². The minimum Gasteiger partial charge on any atom is -0.381 e. The molecular weight excluding hydrogens is 240 g/mol. The fraction of sp³-hybridized carbons (Fsp3) is 0.545. The van der Waals surface area contributed by atoms with Crippen LogP contribution in [0, 0.1) is 0 Å². The molecule has 1 N–H and O–H groups in total. The molecule has 1 aliphatic heterocycles. The van der Waals surface area contributed by atoms with E-state index in [2.05, 4.69) is 10.3 Å². The lowest BCUT2D eigenvalue weighted by atomic mass is 10.1. The highest BCUT2D eigenvalue weighted by molar-refractivity contribution is 7.90. The largest absolute Gasteiger partial charge is 0.381 e. The van der Waals surface area contributed by atoms with Gasteiger partial charge in [0.05, 0.1) is 11.9 Å². The van der Waals surface area contributed by atoms with Gasteiger partial charge in [0, 0.05) is 25.5 Å². The zero-order valence-corrected chi connectivity index (χ0v) is 10.5. The van der Waals surface area contributed by atoms with Gasteiger partial charge < -0.3 is 10.1 Å². The minimum atomic E-state index is -3.21. The number of nitrogens with zero attached hydrogens (tertiary/aromatic N) is 1. The topological polar surface area (TPSA) is 68.3 Å². The van der Waals surface area contributed by atoms with E-state index in [4.69, 9.17) is 4.74 Å². The molecule has 1 aromatic heterocycles. The average Bonchev–Trinajstić information content (AvgIpc) is 2.30. The van der Waals surface area contributed by atoms with Crippen molar-refractivity contribution in [2.75, 3.05) is 24.8 Å². The SMILES string of the molecule is CS(=O)(=O)c1ccc(NC2CCOCC2)cn1. The second-order valence-corrected chi connectivity index (χ2v) is 6.15. The monoisotopic (exact) mass is 256 g/mol. The molecule has 17 heavy (non-hydrogen) atoms. The maximum atomic E-state index is 11.2. The van der Waals surface area contributed by atoms with Crippen LogP contribution in [0.5, 0.6) is 0 Å². The van der Waals surface area contributed by atoms with Crippen molar-refractivity contribution in [3.63, 3.8) is 0 Å². The molecule has 0 saturated carbocycles. The normalized spacial score (nSPS) is 17.9. The molecule has 1 fully saturated rings. The van der Waals surface area contributed by atoms with Gasteiger partial charge in [-0.25, -0.2) is 13.4 Å². The molecule has 5 nitrogen and oxygen atoms in total. The number of hydrogen-bond acceptors (Lipinski definition) is 5. The van der Waals surface area contributed by atoms with Gasteiger partial charge in [-0.2, -0.15) is 0 Å². The second-order valence-electron chi connectivity index (χ2n) is 4.19. The summed E-state index contributed by atoms with van der Waals surface area (Å²) < 4.78 is 27.7. The van der Waals surface area contributed by atoms with Crippen molar-refractivity contribution >= 4 is 15.5 Å². The van der Waals surface area contributed by atoms with Crippen LogP contribution < -0.4 is 5.32 Å². The summed E-state index contributed by atoms with van der Waals surface area (Å²) in [6.45, 7) is 1.54. The quantitative estimate of drug-likeness (QED) is 0.876. The molecule has 0 aliphatic carbocycles. The Hall–Kier alpha value is -1.14. The van der Waals surface area contributed by atoms with Crippen LogP contribution in [0.15, 0.2) is 23.4 Å². The molecule has 1 aromatic rings. The number of rotatable bonds is 3. The van der Waals surface area contributed by atoms with Gasteiger partial charge in [0.25, 0.3) is 0 Å². The Morgan fingerprint density at radius 3 is 2.59 bits per heavy atom. The Balaban J connectivity index is 2.03. The number of nitrogens with one attached hydrogen (secondary N) is 1. The Bertz CT molecular complexity index is 464. The van der Waals surface area contributed by atoms with Crippen molar-refractivity contribution in [1.82, 2.24) is 4.98 Å². The summed E-state index contributed by atoms with van der Waals surface area (Å²) in [6, 6.07) is 3.66. The van der Waals surface area contributed by atoms with Crippen molar-refractivity contribution in [2.45, 2.75) is 23.9 Å². The van der Waals surface area contributed by atoms with Gasteiger partial charge in [-0.05, 0) is 25.0 Å². The molecule has 0 unspecified atom stereocenters. The summed E-state index contributed by atoms with van der Waals surface area (Å²) in [4.78, 5) is 3.93. The third-order valence-corrected chi connectivity index (χ3v) is 3.71. The number of aromatic nitrogens is 1. The summed E-state index contributed by atoms with van der Waals surface area (Å²) in [7, 11) is -3.21. The molecule has 94 valence electrons. The first-order valence-electron chi connectivity index (χ1n) is 5.56. The number of pyridine rings is 1. The smallest absolute Gasteiger partial charge is 0.192 e. The van der Waals surface area contributed by atoms with Crippen LogP contribution in [-0.4, -0.2) is 38.9 Å². The fourth-order valence-electron chi connectivity index (χ4n) is 1.76. The summed E-state index contributed by atoms with van der Waals surface area (Å²) in [5, 5.41) is 3.43. The molecule has 1 aliphatic rings. The number of anilines is 1. The Morgan fingerprint density at radius 2 is 2.06 bits per heavy atom. The van der Waals surface area contributed by atoms with E-state index in [1.165, 1.54) is 6.07 Å². The van der Waals surface area contributed by atoms with E-state index in [0.717, 1.165) is 38.0 Å². The number of hydrogen-bond donors (Lipinski definition) is 1. The van der Waals surface area contributed by atoms with E-state index in [0.29, 0.717) is 6.04 Å². The van der Waals surface area contributed by atoms with E-state index >= 15 is 0 Å². The zero-order valence-electron chi connectivity index (χ0n) is 9.72. The van der Waals surface area contributed by atoms with Crippen molar-refractivity contribution in [2.24, 2.45) is 0 Å². The first kappa shape index (κ1) is 12.3. The Morgan fingerprint density at radius 1 is 1.35 bits per heavy atom. The molecular formula is C11H16N2O3S. The second kappa shape index (κ2) is 5.01. The zero-order chi connectivity index (χ0) is 12.3. The highest BCUT2D eigenvalue weighted by atomic mass is 32.2. The summed E-state index contributed by atoms with van der Waals surface area (Å²) in [6.07, 6.45) is 4.65. The van der Waals surface area contributed by atoms with E-state index in [-0.39, 0.29) is 5.03 Å². The lowest BCUT2D eigenvalue weighted by molar-refractivity contribution is 0.0904. The lowest BCUT2D eigenvalue weighted by Crippen LogP contribution is -2.27. The molecule has 1 saturated heterocycles. The molecule has 2 heterocycles. The lowest BCUT2D eigenvalue weighted by Gasteiger charge is -2.23. The van der Waals surface area contributed by atoms with E-state index in [1.807, 2.05) is 0 Å². The molecule has 0 amide bonds. The maximum Gasteiger partial charge on any atom is 0.192 e. The molecule has 6 heteroatoms. The predicted molar refractivity (Wildman–Crippen MR) is 64.8 cm³/mol. The van der Waals surface area contributed by atoms with Crippen molar-refractivity contribution in [3.05, 3.63) is 18.3 Å². The molecule has 0 radical (unpaired) electrons. The van der Waals surface area contributed by atoms with Gasteiger partial charge >= 0.3 is 0 Å². The van der Waals surface area contributed by atoms with Gasteiger partial charge in [-0.3, -0.25) is 0 Å². The van der Waals surface area contributed by atoms with Gasteiger partial charge in [-0.15, -0.1) is 0 Å². The van der Waals surface area contributed by atoms with Gasteiger partial charge in [-0.1, -0.05) is 0 Å². The van der Waals surface area contributed by atoms with Crippen molar-refractivity contribution < 1.29 is 13.2 Å². The van der Waals surface area contributed by atoms with Crippen LogP contribution in [0.1, 0.15) is 12.8 Å². The van der Waals surface area contributed by atoms with Crippen LogP contribution >= 0.6 is 0 Å². The third kappa shape index (κ3) is 3.41. The number of sulfone groups is 1. The highest BCUT2D eigenvalue weighted by Gasteiger charge is 2.14. The standard InChI is InChI=1S/C11H16N2O3S/c1-17(14,15)11-3-2-10(8-12-11)13-9-4-6-16-7-5-9/h2-3,8-9,13H,4-7H2,1H3. The maximum absolute atomic E-state index is 11.2. The molecule has 0 spiro atoms. The molecule has 0 aromatic carbocycles. The first-order valence-corrected chi connectivity index (χ1v) is 7.45. The molecule has 0 atom stereocenters. The van der Waals surface area contributed by atoms with Gasteiger partial charge in [0.1, 0.15) is 0 Å².